The molecule has 1 aliphatic rings. The van der Waals surface area contributed by atoms with Crippen molar-refractivity contribution in [3.8, 4) is 5.69 Å². The lowest BCUT2D eigenvalue weighted by molar-refractivity contribution is -0.120. The molecule has 6 nitrogen and oxygen atoms in total. The standard InChI is InChI=1S/C20H21N5O/c26-20(9-15-5-7-19(8-6-15)25-13-23-24-14-25)22-12-18-10-16-3-1-2-4-17(16)11-21-18/h1-8,13-14,18,21H,9-12H2,(H,22,26). The summed E-state index contributed by atoms with van der Waals surface area (Å²) in [5, 5.41) is 14.1. The molecule has 1 atom stereocenters. The first-order valence-electron chi connectivity index (χ1n) is 8.79. The molecule has 26 heavy (non-hydrogen) atoms. The lowest BCUT2D eigenvalue weighted by atomic mass is 9.96. The summed E-state index contributed by atoms with van der Waals surface area (Å²) in [4.78, 5) is 12.3. The van der Waals surface area contributed by atoms with E-state index in [0.717, 1.165) is 24.2 Å². The Balaban J connectivity index is 1.28. The van der Waals surface area contributed by atoms with Gasteiger partial charge in [-0.2, -0.15) is 0 Å². The highest BCUT2D eigenvalue weighted by atomic mass is 16.1. The third-order valence-corrected chi connectivity index (χ3v) is 4.73. The van der Waals surface area contributed by atoms with Crippen LogP contribution in [0.3, 0.4) is 0 Å². The van der Waals surface area contributed by atoms with E-state index in [2.05, 4.69) is 45.1 Å². The van der Waals surface area contributed by atoms with E-state index >= 15 is 0 Å². The van der Waals surface area contributed by atoms with E-state index in [-0.39, 0.29) is 11.9 Å². The summed E-state index contributed by atoms with van der Waals surface area (Å²) in [5.74, 6) is 0.0442. The van der Waals surface area contributed by atoms with Gasteiger partial charge in [-0.05, 0) is 35.2 Å². The number of hydrogen-bond donors (Lipinski definition) is 2. The third-order valence-electron chi connectivity index (χ3n) is 4.73. The highest BCUT2D eigenvalue weighted by Gasteiger charge is 2.17. The Labute approximate surface area is 152 Å². The Kier molecular flexibility index (Phi) is 4.75. The molecule has 1 aliphatic heterocycles. The van der Waals surface area contributed by atoms with Gasteiger partial charge < -0.3 is 10.6 Å². The molecule has 3 aromatic rings. The normalized spacial score (nSPS) is 16.1. The van der Waals surface area contributed by atoms with Crippen molar-refractivity contribution >= 4 is 5.91 Å². The lowest BCUT2D eigenvalue weighted by Gasteiger charge is -2.26. The molecular formula is C20H21N5O. The number of hydrogen-bond acceptors (Lipinski definition) is 4. The van der Waals surface area contributed by atoms with Gasteiger partial charge in [-0.25, -0.2) is 0 Å². The molecule has 0 aliphatic carbocycles. The fourth-order valence-electron chi connectivity index (χ4n) is 3.27. The Morgan fingerprint density at radius 3 is 2.58 bits per heavy atom. The fourth-order valence-corrected chi connectivity index (χ4v) is 3.27. The summed E-state index contributed by atoms with van der Waals surface area (Å²) in [6.07, 6.45) is 4.63. The van der Waals surface area contributed by atoms with Gasteiger partial charge in [0.2, 0.25) is 5.91 Å². The maximum Gasteiger partial charge on any atom is 0.224 e. The number of carbonyl (C=O) groups excluding carboxylic acids is 1. The molecule has 0 fully saturated rings. The fraction of sp³-hybridized carbons (Fsp3) is 0.250. The third kappa shape index (κ3) is 3.81. The number of nitrogens with zero attached hydrogens (tertiary/aromatic N) is 3. The van der Waals surface area contributed by atoms with E-state index in [0.29, 0.717) is 13.0 Å². The average Bonchev–Trinajstić information content (AvgIpc) is 3.22. The van der Waals surface area contributed by atoms with Gasteiger partial charge in [-0.15, -0.1) is 10.2 Å². The average molecular weight is 347 g/mol. The molecule has 1 unspecified atom stereocenters. The summed E-state index contributed by atoms with van der Waals surface area (Å²) in [7, 11) is 0. The van der Waals surface area contributed by atoms with Gasteiger partial charge in [0.05, 0.1) is 6.42 Å². The second kappa shape index (κ2) is 7.49. The first-order valence-corrected chi connectivity index (χ1v) is 8.79. The molecule has 6 heteroatoms. The van der Waals surface area contributed by atoms with E-state index in [4.69, 9.17) is 0 Å². The minimum atomic E-state index is 0.0442. The number of benzene rings is 2. The van der Waals surface area contributed by atoms with Crippen molar-refractivity contribution in [2.45, 2.75) is 25.4 Å². The second-order valence-corrected chi connectivity index (χ2v) is 6.57. The lowest BCUT2D eigenvalue weighted by Crippen LogP contribution is -2.44. The van der Waals surface area contributed by atoms with Gasteiger partial charge in [-0.3, -0.25) is 9.36 Å². The van der Waals surface area contributed by atoms with Crippen LogP contribution in [0.5, 0.6) is 0 Å². The summed E-state index contributed by atoms with van der Waals surface area (Å²) in [6, 6.07) is 16.6. The number of amides is 1. The van der Waals surface area contributed by atoms with Gasteiger partial charge >= 0.3 is 0 Å². The monoisotopic (exact) mass is 347 g/mol. The Morgan fingerprint density at radius 2 is 1.81 bits per heavy atom. The largest absolute Gasteiger partial charge is 0.354 e. The summed E-state index contributed by atoms with van der Waals surface area (Å²) < 4.78 is 1.83. The minimum absolute atomic E-state index is 0.0442. The zero-order chi connectivity index (χ0) is 17.8. The van der Waals surface area contributed by atoms with Gasteiger partial charge in [0, 0.05) is 24.8 Å². The topological polar surface area (TPSA) is 71.8 Å². The molecule has 0 saturated heterocycles. The molecule has 0 radical (unpaired) electrons. The molecule has 4 rings (SSSR count). The number of aromatic nitrogens is 3. The Morgan fingerprint density at radius 1 is 1.08 bits per heavy atom. The van der Waals surface area contributed by atoms with Gasteiger partial charge in [0.15, 0.2) is 0 Å². The first kappa shape index (κ1) is 16.5. The molecule has 2 N–H and O–H groups in total. The zero-order valence-corrected chi connectivity index (χ0v) is 14.4. The van der Waals surface area contributed by atoms with Crippen LogP contribution in [0.15, 0.2) is 61.2 Å². The van der Waals surface area contributed by atoms with Gasteiger partial charge in [0.1, 0.15) is 12.7 Å². The molecule has 2 heterocycles. The van der Waals surface area contributed by atoms with Crippen molar-refractivity contribution in [2.75, 3.05) is 6.54 Å². The Hall–Kier alpha value is -2.99. The van der Waals surface area contributed by atoms with Crippen LogP contribution in [0.4, 0.5) is 0 Å². The molecule has 1 amide bonds. The van der Waals surface area contributed by atoms with Crippen LogP contribution in [0.2, 0.25) is 0 Å². The van der Waals surface area contributed by atoms with E-state index < -0.39 is 0 Å². The van der Waals surface area contributed by atoms with Crippen LogP contribution in [0, 0.1) is 0 Å². The van der Waals surface area contributed by atoms with Gasteiger partial charge in [-0.1, -0.05) is 36.4 Å². The van der Waals surface area contributed by atoms with Crippen molar-refractivity contribution in [2.24, 2.45) is 0 Å². The number of nitrogens with one attached hydrogen (secondary N) is 2. The summed E-state index contributed by atoms with van der Waals surface area (Å²) in [5.41, 5.74) is 4.68. The smallest absolute Gasteiger partial charge is 0.224 e. The number of rotatable bonds is 5. The SMILES string of the molecule is O=C(Cc1ccc(-n2cnnc2)cc1)NCC1Cc2ccccc2CN1. The zero-order valence-electron chi connectivity index (χ0n) is 14.4. The van der Waals surface area contributed by atoms with E-state index in [1.807, 2.05) is 28.8 Å². The number of carbonyl (C=O) groups is 1. The molecule has 132 valence electrons. The van der Waals surface area contributed by atoms with Crippen LogP contribution in [-0.2, 0) is 24.2 Å². The Bertz CT molecular complexity index is 873. The first-order chi connectivity index (χ1) is 12.8. The predicted octanol–water partition coefficient (Wildman–Crippen LogP) is 1.64. The molecule has 1 aromatic heterocycles. The van der Waals surface area contributed by atoms with Crippen LogP contribution >= 0.6 is 0 Å². The highest BCUT2D eigenvalue weighted by molar-refractivity contribution is 5.78. The van der Waals surface area contributed by atoms with Crippen LogP contribution in [0.25, 0.3) is 5.69 Å². The van der Waals surface area contributed by atoms with Gasteiger partial charge in [0.25, 0.3) is 0 Å². The summed E-state index contributed by atoms with van der Waals surface area (Å²) in [6.45, 7) is 1.51. The van der Waals surface area contributed by atoms with Crippen molar-refractivity contribution < 1.29 is 4.79 Å². The van der Waals surface area contributed by atoms with Crippen LogP contribution in [-0.4, -0.2) is 33.3 Å². The maximum atomic E-state index is 12.3. The van der Waals surface area contributed by atoms with Crippen molar-refractivity contribution in [1.82, 2.24) is 25.4 Å². The van der Waals surface area contributed by atoms with Crippen molar-refractivity contribution in [1.29, 1.82) is 0 Å². The predicted molar refractivity (Wildman–Crippen MR) is 98.8 cm³/mol. The molecule has 0 bridgehead atoms. The van der Waals surface area contributed by atoms with Crippen molar-refractivity contribution in [3.05, 3.63) is 77.9 Å². The van der Waals surface area contributed by atoms with E-state index in [1.165, 1.54) is 11.1 Å². The molecule has 0 spiro atoms. The van der Waals surface area contributed by atoms with Crippen molar-refractivity contribution in [3.63, 3.8) is 0 Å². The highest BCUT2D eigenvalue weighted by Crippen LogP contribution is 2.16. The maximum absolute atomic E-state index is 12.3. The molecule has 2 aromatic carbocycles. The number of fused-ring (bicyclic) bond motifs is 1. The van der Waals surface area contributed by atoms with Crippen LogP contribution in [0.1, 0.15) is 16.7 Å². The van der Waals surface area contributed by atoms with E-state index in [1.54, 1.807) is 12.7 Å². The van der Waals surface area contributed by atoms with E-state index in [9.17, 15) is 4.79 Å². The second-order valence-electron chi connectivity index (χ2n) is 6.57. The van der Waals surface area contributed by atoms with Crippen LogP contribution < -0.4 is 10.6 Å². The quantitative estimate of drug-likeness (QED) is 0.736. The summed E-state index contributed by atoms with van der Waals surface area (Å²) >= 11 is 0. The molecular weight excluding hydrogens is 326 g/mol. The minimum Gasteiger partial charge on any atom is -0.354 e. The molecule has 0 saturated carbocycles.